The predicted octanol–water partition coefficient (Wildman–Crippen LogP) is 33.2. The van der Waals surface area contributed by atoms with Crippen molar-refractivity contribution in [1.29, 1.82) is 0 Å². The molecule has 0 radical (unpaired) electrons. The maximum Gasteiger partial charge on any atom is 0.0359 e. The maximum atomic E-state index is 7.79. The van der Waals surface area contributed by atoms with E-state index in [-0.39, 0.29) is 0 Å². The first-order valence-electron chi connectivity index (χ1n) is 49.3. The SMILES string of the molecule is C#Cc1c(-c2ccccc2)cc(-c2ccccc2)cc1C12CC3(c4cc(-c5ccccc5)cc(-c5ccccc5)c4C#C)CC(c4cc(-c5ccccc5)cc(-c5ccccc5)c4C#C)(C1)CC(C14CC5(c6cc(-c7ccccc7)cc(-c7ccccc7)c6C#C)CC(c6cc(-c7ccccc7)cc(-c7ccccc7)c6C#C)(CC(c6cc(-c7ccccc7)cc(-c7ccccc7)c6C#C)(C5)C1)C4)(C2)C3. The van der Waals surface area contributed by atoms with E-state index >= 15 is 0 Å². The van der Waals surface area contributed by atoms with Gasteiger partial charge in [-0.2, -0.15) is 0 Å². The summed E-state index contributed by atoms with van der Waals surface area (Å²) in [4.78, 5) is 0. The van der Waals surface area contributed by atoms with Gasteiger partial charge in [0.25, 0.3) is 0 Å². The lowest BCUT2D eigenvalue weighted by atomic mass is 9.22. The summed E-state index contributed by atoms with van der Waals surface area (Å²) < 4.78 is 0. The van der Waals surface area contributed by atoms with Gasteiger partial charge in [-0.25, -0.2) is 0 Å². The van der Waals surface area contributed by atoms with Crippen LogP contribution in [0.4, 0.5) is 0 Å². The Hall–Kier alpha value is -16.7. The van der Waals surface area contributed by atoms with E-state index in [1.165, 1.54) is 33.4 Å². The highest BCUT2D eigenvalue weighted by molar-refractivity contribution is 5.90. The Balaban J connectivity index is 0.925. The largest absolute Gasteiger partial charge is 0.115 e. The molecule has 662 valence electrons. The molecule has 8 bridgehead atoms. The summed E-state index contributed by atoms with van der Waals surface area (Å²) in [6.45, 7) is 0. The smallest absolute Gasteiger partial charge is 0.0359 e. The van der Waals surface area contributed by atoms with Crippen LogP contribution in [-0.4, -0.2) is 0 Å². The second kappa shape index (κ2) is 34.2. The van der Waals surface area contributed by atoms with Crippen LogP contribution in [0.3, 0.4) is 0 Å². The first-order valence-corrected chi connectivity index (χ1v) is 49.3. The molecule has 8 aliphatic carbocycles. The lowest BCUT2D eigenvalue weighted by Gasteiger charge is -2.81. The summed E-state index contributed by atoms with van der Waals surface area (Å²) in [5.74, 6) is 22.2. The molecule has 0 amide bonds. The van der Waals surface area contributed by atoms with Gasteiger partial charge in [0.15, 0.2) is 0 Å². The van der Waals surface area contributed by atoms with Crippen LogP contribution in [-0.2, 0) is 32.5 Å². The van der Waals surface area contributed by atoms with Crippen molar-refractivity contribution in [2.45, 2.75) is 110 Å². The van der Waals surface area contributed by atoms with E-state index in [1.54, 1.807) is 0 Å². The van der Waals surface area contributed by atoms with Crippen molar-refractivity contribution in [1.82, 2.24) is 0 Å². The molecule has 0 spiro atoms. The van der Waals surface area contributed by atoms with Crippen molar-refractivity contribution >= 4 is 0 Å². The monoisotopic (exact) mass is 1780 g/mol. The van der Waals surface area contributed by atoms with E-state index < -0.39 is 43.3 Å². The fourth-order valence-electron chi connectivity index (χ4n) is 29.3. The van der Waals surface area contributed by atoms with Crippen molar-refractivity contribution < 1.29 is 0 Å². The second-order valence-corrected chi connectivity index (χ2v) is 41.3. The van der Waals surface area contributed by atoms with Gasteiger partial charge in [0, 0.05) is 33.4 Å². The summed E-state index contributed by atoms with van der Waals surface area (Å²) in [5.41, 5.74) is 31.6. The van der Waals surface area contributed by atoms with Crippen molar-refractivity contribution in [2.75, 3.05) is 0 Å². The molecule has 0 aliphatic heterocycles. The number of hydrogen-bond donors (Lipinski definition) is 0. The Labute approximate surface area is 825 Å². The van der Waals surface area contributed by atoms with Crippen molar-refractivity contribution in [3.05, 3.63) is 504 Å². The second-order valence-electron chi connectivity index (χ2n) is 41.3. The van der Waals surface area contributed by atoms with Gasteiger partial charge < -0.3 is 0 Å². The summed E-state index contributed by atoms with van der Waals surface area (Å²) in [7, 11) is 0. The van der Waals surface area contributed by atoms with Gasteiger partial charge in [-0.15, -0.1) is 38.5 Å². The van der Waals surface area contributed by atoms with E-state index in [4.69, 9.17) is 38.5 Å². The molecule has 26 rings (SSSR count). The molecule has 8 fully saturated rings. The molecular weight excluding hydrogens is 1680 g/mol. The average Bonchev–Trinajstić information content (AvgIpc) is 0.632. The Kier molecular flexibility index (Phi) is 21.1. The van der Waals surface area contributed by atoms with Crippen LogP contribution in [0.25, 0.3) is 134 Å². The van der Waals surface area contributed by atoms with Gasteiger partial charge in [0.1, 0.15) is 0 Å². The summed E-state index contributed by atoms with van der Waals surface area (Å²) in [6, 6.07) is 162. The Morgan fingerprint density at radius 3 is 0.357 bits per heavy atom. The molecule has 18 aromatic rings. The van der Waals surface area contributed by atoms with Crippen molar-refractivity contribution in [3.8, 4) is 208 Å². The highest BCUT2D eigenvalue weighted by atomic mass is 14.8. The fourth-order valence-corrected chi connectivity index (χ4v) is 29.3. The van der Waals surface area contributed by atoms with E-state index in [2.05, 4.69) is 472 Å². The molecule has 8 saturated carbocycles. The first-order chi connectivity index (χ1) is 68.8. The lowest BCUT2D eigenvalue weighted by molar-refractivity contribution is -0.237. The minimum absolute atomic E-state index is 0.695. The van der Waals surface area contributed by atoms with Crippen LogP contribution in [0.15, 0.2) is 437 Å². The van der Waals surface area contributed by atoms with Gasteiger partial charge >= 0.3 is 0 Å². The van der Waals surface area contributed by atoms with Crippen LogP contribution < -0.4 is 0 Å². The summed E-state index contributed by atoms with van der Waals surface area (Å²) in [5, 5.41) is 0. The molecule has 0 N–H and O–H groups in total. The average molecular weight is 1780 g/mol. The van der Waals surface area contributed by atoms with Crippen LogP contribution in [0.1, 0.15) is 144 Å². The molecule has 0 heterocycles. The number of benzene rings is 18. The third-order valence-electron chi connectivity index (χ3n) is 33.5. The van der Waals surface area contributed by atoms with E-state index in [9.17, 15) is 0 Å². The topological polar surface area (TPSA) is 0 Å². The molecular formula is C140H102. The number of terminal acetylenes is 6. The van der Waals surface area contributed by atoms with Crippen LogP contribution >= 0.6 is 0 Å². The zero-order chi connectivity index (χ0) is 94.4. The summed E-state index contributed by atoms with van der Waals surface area (Å²) >= 11 is 0. The van der Waals surface area contributed by atoms with Gasteiger partial charge in [0.05, 0.1) is 0 Å². The predicted molar refractivity (Wildman–Crippen MR) is 582 cm³/mol. The molecule has 140 heavy (non-hydrogen) atoms. The Morgan fingerprint density at radius 2 is 0.243 bits per heavy atom. The van der Waals surface area contributed by atoms with Crippen LogP contribution in [0, 0.1) is 84.9 Å². The zero-order valence-corrected chi connectivity index (χ0v) is 78.5. The van der Waals surface area contributed by atoms with Gasteiger partial charge in [-0.05, 0) is 360 Å². The number of hydrogen-bond acceptors (Lipinski definition) is 0. The van der Waals surface area contributed by atoms with Crippen LogP contribution in [0.5, 0.6) is 0 Å². The third-order valence-corrected chi connectivity index (χ3v) is 33.5. The quantitative estimate of drug-likeness (QED) is 0.0708. The maximum absolute atomic E-state index is 7.79. The van der Waals surface area contributed by atoms with Gasteiger partial charge in [0.2, 0.25) is 0 Å². The van der Waals surface area contributed by atoms with Gasteiger partial charge in [-0.3, -0.25) is 0 Å². The van der Waals surface area contributed by atoms with E-state index in [1.807, 2.05) is 0 Å². The molecule has 8 aliphatic rings. The Morgan fingerprint density at radius 1 is 0.129 bits per heavy atom. The van der Waals surface area contributed by atoms with E-state index in [0.717, 1.165) is 205 Å². The molecule has 0 saturated heterocycles. The normalized spacial score (nSPS) is 22.0. The fraction of sp³-hybridized carbons (Fsp3) is 0.143. The Bertz CT molecular complexity index is 6900. The molecule has 0 unspecified atom stereocenters. The first kappa shape index (κ1) is 86.2. The standard InChI is InChI=1S/C140H102/c1-7-115-121(103-61-37-19-38-62-103)73-109(97-49-25-13-26-50-97)79-127(115)133-85-134(128-80-110(98-51-27-14-28-52-98)74-122(116(128)8-2)104-63-39-20-40-64-104)87-135(86-133,129-81-111(99-53-29-15-30-54-99)75-123(117(129)9-3)105-65-41-21-42-66-105)93-139(91-133,92-134)140-94-136(130-82-112(100-55-31-16-32-56-100)76-124(118(130)10-4)106-67-43-22-44-68-106)88-137(95-140,131-83-113(101-57-33-17-34-58-101)77-125(119(131)11-5)107-69-45-23-46-70-107)90-138(89-136,96-140)132-84-114(102-59-35-18-36-60-102)78-126(120(132)12-6)108-71-47-24-48-72-108/h1-6,13-84H,85-96H2. The lowest BCUT2D eigenvalue weighted by Crippen LogP contribution is -2.75. The molecule has 0 aromatic heterocycles. The third kappa shape index (κ3) is 14.1. The van der Waals surface area contributed by atoms with Gasteiger partial charge in [-0.1, -0.05) is 400 Å². The minimum atomic E-state index is -0.822. The molecule has 18 aromatic carbocycles. The van der Waals surface area contributed by atoms with Crippen molar-refractivity contribution in [2.24, 2.45) is 10.8 Å². The highest BCUT2D eigenvalue weighted by Crippen LogP contribution is 2.87. The summed E-state index contributed by atoms with van der Waals surface area (Å²) in [6.07, 6.45) is 55.4. The van der Waals surface area contributed by atoms with Crippen molar-refractivity contribution in [3.63, 3.8) is 0 Å². The minimum Gasteiger partial charge on any atom is -0.115 e. The highest BCUT2D eigenvalue weighted by Gasteiger charge is 2.80. The number of rotatable bonds is 19. The molecule has 0 atom stereocenters. The zero-order valence-electron chi connectivity index (χ0n) is 78.5. The van der Waals surface area contributed by atoms with E-state index in [0.29, 0.717) is 38.5 Å². The van der Waals surface area contributed by atoms with Crippen LogP contribution in [0.2, 0.25) is 0 Å². The molecule has 0 heteroatoms. The molecule has 0 nitrogen and oxygen atoms in total.